The summed E-state index contributed by atoms with van der Waals surface area (Å²) < 4.78 is 6.99. The van der Waals surface area contributed by atoms with Crippen LogP contribution in [0, 0.1) is 18.3 Å². The third-order valence-electron chi connectivity index (χ3n) is 6.87. The zero-order chi connectivity index (χ0) is 27.4. The van der Waals surface area contributed by atoms with Crippen molar-refractivity contribution in [2.45, 2.75) is 13.8 Å². The quantitative estimate of drug-likeness (QED) is 0.338. The predicted octanol–water partition coefficient (Wildman–Crippen LogP) is 4.86. The van der Waals surface area contributed by atoms with Gasteiger partial charge in [0.05, 0.1) is 29.6 Å². The number of hydrogen-bond acceptors (Lipinski definition) is 6. The van der Waals surface area contributed by atoms with Crippen molar-refractivity contribution < 1.29 is 14.3 Å². The Bertz CT molecular complexity index is 1540. The van der Waals surface area contributed by atoms with E-state index in [1.54, 1.807) is 41.9 Å². The second-order valence-electron chi connectivity index (χ2n) is 9.35. The van der Waals surface area contributed by atoms with Gasteiger partial charge in [0.2, 0.25) is 0 Å². The van der Waals surface area contributed by atoms with E-state index in [0.717, 1.165) is 28.2 Å². The summed E-state index contributed by atoms with van der Waals surface area (Å²) in [5, 5.41) is 13.7. The number of nitriles is 1. The van der Waals surface area contributed by atoms with E-state index >= 15 is 0 Å². The zero-order valence-corrected chi connectivity index (χ0v) is 22.0. The third-order valence-corrected chi connectivity index (χ3v) is 6.87. The topological polar surface area (TPSA) is 91.5 Å². The molecule has 0 aliphatic carbocycles. The predicted molar refractivity (Wildman–Crippen MR) is 149 cm³/mol. The normalized spacial score (nSPS) is 13.2. The van der Waals surface area contributed by atoms with Crippen LogP contribution >= 0.6 is 0 Å². The van der Waals surface area contributed by atoms with Crippen LogP contribution in [0.1, 0.15) is 38.9 Å². The third kappa shape index (κ3) is 5.39. The van der Waals surface area contributed by atoms with E-state index in [0.29, 0.717) is 37.3 Å². The number of para-hydroxylation sites is 1. The zero-order valence-electron chi connectivity index (χ0n) is 22.0. The fourth-order valence-corrected chi connectivity index (χ4v) is 4.79. The number of carbonyl (C=O) groups excluding carboxylic acids is 2. The van der Waals surface area contributed by atoms with Crippen LogP contribution in [-0.2, 0) is 4.74 Å². The molecule has 0 bridgehead atoms. The van der Waals surface area contributed by atoms with Crippen molar-refractivity contribution in [3.8, 4) is 23.0 Å². The van der Waals surface area contributed by atoms with Gasteiger partial charge in [0.1, 0.15) is 0 Å². The first kappa shape index (κ1) is 25.7. The summed E-state index contributed by atoms with van der Waals surface area (Å²) in [6.07, 6.45) is 0. The van der Waals surface area contributed by atoms with E-state index < -0.39 is 5.97 Å². The van der Waals surface area contributed by atoms with Gasteiger partial charge in [0.25, 0.3) is 5.91 Å². The molecule has 0 N–H and O–H groups in total. The van der Waals surface area contributed by atoms with E-state index in [4.69, 9.17) is 10.00 Å². The molecule has 1 saturated heterocycles. The summed E-state index contributed by atoms with van der Waals surface area (Å²) in [6.45, 7) is 6.68. The number of esters is 1. The van der Waals surface area contributed by atoms with Gasteiger partial charge in [0, 0.05) is 43.0 Å². The molecule has 0 radical (unpaired) electrons. The lowest BCUT2D eigenvalue weighted by molar-refractivity contribution is 0.0518. The molecule has 8 nitrogen and oxygen atoms in total. The number of carbonyl (C=O) groups is 2. The van der Waals surface area contributed by atoms with Crippen LogP contribution in [-0.4, -0.2) is 59.3 Å². The van der Waals surface area contributed by atoms with Crippen LogP contribution in [0.5, 0.6) is 0 Å². The molecule has 4 aromatic rings. The molecule has 196 valence electrons. The SMILES string of the molecule is CCOC(=O)c1cc(-c2ccc(N3CCN(C(=O)c4cccc(C#N)c4)CC3)cc2)n(-c2ccccc2C)n1. The fraction of sp³-hybridized carbons (Fsp3) is 0.226. The Morgan fingerprint density at radius 2 is 1.69 bits per heavy atom. The molecule has 1 aliphatic rings. The van der Waals surface area contributed by atoms with Gasteiger partial charge >= 0.3 is 5.97 Å². The molecule has 2 heterocycles. The Labute approximate surface area is 227 Å². The number of nitrogens with zero attached hydrogens (tertiary/aromatic N) is 5. The summed E-state index contributed by atoms with van der Waals surface area (Å²) >= 11 is 0. The highest BCUT2D eigenvalue weighted by Crippen LogP contribution is 2.28. The molecule has 5 rings (SSSR count). The molecule has 0 spiro atoms. The minimum atomic E-state index is -0.450. The van der Waals surface area contributed by atoms with Gasteiger partial charge in [-0.3, -0.25) is 4.79 Å². The molecule has 1 amide bonds. The Hall–Kier alpha value is -4.90. The summed E-state index contributed by atoms with van der Waals surface area (Å²) in [5.41, 5.74) is 6.02. The molecule has 1 aliphatic heterocycles. The van der Waals surface area contributed by atoms with E-state index in [9.17, 15) is 9.59 Å². The van der Waals surface area contributed by atoms with E-state index in [1.165, 1.54) is 0 Å². The second kappa shape index (κ2) is 11.2. The van der Waals surface area contributed by atoms with Gasteiger partial charge < -0.3 is 14.5 Å². The van der Waals surface area contributed by atoms with Crippen molar-refractivity contribution in [3.05, 3.63) is 101 Å². The molecule has 1 fully saturated rings. The monoisotopic (exact) mass is 519 g/mol. The molecular weight excluding hydrogens is 490 g/mol. The fourth-order valence-electron chi connectivity index (χ4n) is 4.79. The van der Waals surface area contributed by atoms with Crippen molar-refractivity contribution in [3.63, 3.8) is 0 Å². The number of rotatable bonds is 6. The second-order valence-corrected chi connectivity index (χ2v) is 9.35. The Balaban J connectivity index is 1.34. The van der Waals surface area contributed by atoms with Crippen molar-refractivity contribution in [1.82, 2.24) is 14.7 Å². The maximum absolute atomic E-state index is 12.9. The molecule has 3 aromatic carbocycles. The highest BCUT2D eigenvalue weighted by molar-refractivity contribution is 5.94. The van der Waals surface area contributed by atoms with Gasteiger partial charge in [-0.05, 0) is 61.9 Å². The van der Waals surface area contributed by atoms with E-state index in [1.807, 2.05) is 48.2 Å². The Morgan fingerprint density at radius 1 is 0.949 bits per heavy atom. The van der Waals surface area contributed by atoms with Crippen molar-refractivity contribution in [1.29, 1.82) is 5.26 Å². The Kier molecular flexibility index (Phi) is 7.41. The highest BCUT2D eigenvalue weighted by atomic mass is 16.5. The summed E-state index contributed by atoms with van der Waals surface area (Å²) in [4.78, 5) is 29.5. The number of ether oxygens (including phenoxy) is 1. The largest absolute Gasteiger partial charge is 0.461 e. The first-order chi connectivity index (χ1) is 19.0. The maximum atomic E-state index is 12.9. The van der Waals surface area contributed by atoms with Crippen LogP contribution in [0.3, 0.4) is 0 Å². The Morgan fingerprint density at radius 3 is 2.38 bits per heavy atom. The number of aryl methyl sites for hydroxylation is 1. The molecule has 39 heavy (non-hydrogen) atoms. The molecule has 8 heteroatoms. The standard InChI is InChI=1S/C31H29N5O3/c1-3-39-31(38)27-20-29(36(33-27)28-10-5-4-7-22(28)2)24-11-13-26(14-12-24)34-15-17-35(18-16-34)30(37)25-9-6-8-23(19-25)21-32/h4-14,19-20H,3,15-18H2,1-2H3. The number of benzene rings is 3. The molecular formula is C31H29N5O3. The number of piperazine rings is 1. The van der Waals surface area contributed by atoms with E-state index in [-0.39, 0.29) is 18.2 Å². The average molecular weight is 520 g/mol. The van der Waals surface area contributed by atoms with Crippen LogP contribution in [0.15, 0.2) is 78.9 Å². The first-order valence-corrected chi connectivity index (χ1v) is 13.0. The average Bonchev–Trinajstić information content (AvgIpc) is 3.43. The maximum Gasteiger partial charge on any atom is 0.358 e. The number of hydrogen-bond donors (Lipinski definition) is 0. The summed E-state index contributed by atoms with van der Waals surface area (Å²) in [5.74, 6) is -0.501. The van der Waals surface area contributed by atoms with Gasteiger partial charge in [-0.1, -0.05) is 36.4 Å². The minimum Gasteiger partial charge on any atom is -0.461 e. The van der Waals surface area contributed by atoms with Gasteiger partial charge in [-0.2, -0.15) is 10.4 Å². The lowest BCUT2D eigenvalue weighted by Crippen LogP contribution is -2.48. The summed E-state index contributed by atoms with van der Waals surface area (Å²) in [7, 11) is 0. The minimum absolute atomic E-state index is 0.0519. The number of aromatic nitrogens is 2. The van der Waals surface area contributed by atoms with Gasteiger partial charge in [-0.25, -0.2) is 9.48 Å². The van der Waals surface area contributed by atoms with Crippen LogP contribution < -0.4 is 4.90 Å². The number of amides is 1. The lowest BCUT2D eigenvalue weighted by atomic mass is 10.1. The summed E-state index contributed by atoms with van der Waals surface area (Å²) in [6, 6.07) is 26.8. The highest BCUT2D eigenvalue weighted by Gasteiger charge is 2.23. The first-order valence-electron chi connectivity index (χ1n) is 13.0. The van der Waals surface area contributed by atoms with Crippen molar-refractivity contribution in [2.75, 3.05) is 37.7 Å². The van der Waals surface area contributed by atoms with E-state index in [2.05, 4.69) is 28.2 Å². The van der Waals surface area contributed by atoms with Crippen molar-refractivity contribution in [2.24, 2.45) is 0 Å². The van der Waals surface area contributed by atoms with Crippen LogP contribution in [0.25, 0.3) is 16.9 Å². The lowest BCUT2D eigenvalue weighted by Gasteiger charge is -2.36. The molecule has 0 saturated carbocycles. The molecule has 0 atom stereocenters. The van der Waals surface area contributed by atoms with Gasteiger partial charge in [-0.15, -0.1) is 0 Å². The van der Waals surface area contributed by atoms with Crippen molar-refractivity contribution >= 4 is 17.6 Å². The van der Waals surface area contributed by atoms with Crippen LogP contribution in [0.2, 0.25) is 0 Å². The smallest absolute Gasteiger partial charge is 0.358 e. The van der Waals surface area contributed by atoms with Gasteiger partial charge in [0.15, 0.2) is 5.69 Å². The van der Waals surface area contributed by atoms with Crippen LogP contribution in [0.4, 0.5) is 5.69 Å². The number of anilines is 1. The molecule has 0 unspecified atom stereocenters. The molecule has 1 aromatic heterocycles.